The molecule has 0 unspecified atom stereocenters. The molecule has 2 aromatic heterocycles. The molecular weight excluding hydrogens is 404 g/mol. The Labute approximate surface area is 186 Å². The van der Waals surface area contributed by atoms with Crippen molar-refractivity contribution in [3.05, 3.63) is 60.3 Å². The third kappa shape index (κ3) is 3.07. The van der Waals surface area contributed by atoms with Crippen LogP contribution in [-0.4, -0.2) is 39.6 Å². The number of hydrogen-bond donors (Lipinski definition) is 1. The molecule has 1 N–H and O–H groups in total. The standard InChI is InChI=1S/C25H26N4O3/c1-3-5-14-28-23(30)21(24(31)32-4-2)22(17-15-26-18-11-7-6-10-16(17)18)29-20-13-9-8-12-19(20)27-25(28)29/h6-13,15,21-22,26H,3-5,14H2,1-2H3/t21-,22+/m1/s1. The predicted molar refractivity (Wildman–Crippen MR) is 124 cm³/mol. The second-order valence-corrected chi connectivity index (χ2v) is 8.08. The molecule has 0 saturated carbocycles. The summed E-state index contributed by atoms with van der Waals surface area (Å²) in [6.07, 6.45) is 3.65. The lowest BCUT2D eigenvalue weighted by Gasteiger charge is -2.37. The number of H-pyrrole nitrogens is 1. The van der Waals surface area contributed by atoms with Crippen LogP contribution in [0, 0.1) is 5.92 Å². The Kier molecular flexibility index (Phi) is 5.17. The molecule has 0 bridgehead atoms. The normalized spacial score (nSPS) is 18.3. The van der Waals surface area contributed by atoms with Crippen LogP contribution < -0.4 is 4.90 Å². The van der Waals surface area contributed by atoms with Gasteiger partial charge in [0.1, 0.15) is 0 Å². The van der Waals surface area contributed by atoms with Gasteiger partial charge in [-0.25, -0.2) is 4.98 Å². The molecule has 3 heterocycles. The summed E-state index contributed by atoms with van der Waals surface area (Å²) in [5.74, 6) is -1.16. The van der Waals surface area contributed by atoms with Crippen LogP contribution in [0.1, 0.15) is 38.3 Å². The molecular formula is C25H26N4O3. The van der Waals surface area contributed by atoms with Gasteiger partial charge in [0, 0.05) is 29.2 Å². The van der Waals surface area contributed by atoms with E-state index in [0.717, 1.165) is 40.3 Å². The van der Waals surface area contributed by atoms with Gasteiger partial charge in [-0.3, -0.25) is 14.5 Å². The lowest BCUT2D eigenvalue weighted by molar-refractivity contribution is -0.153. The molecule has 7 nitrogen and oxygen atoms in total. The summed E-state index contributed by atoms with van der Waals surface area (Å²) in [7, 11) is 0. The van der Waals surface area contributed by atoms with Crippen molar-refractivity contribution in [2.75, 3.05) is 18.1 Å². The third-order valence-corrected chi connectivity index (χ3v) is 6.16. The van der Waals surface area contributed by atoms with Crippen LogP contribution in [0.5, 0.6) is 0 Å². The monoisotopic (exact) mass is 430 g/mol. The summed E-state index contributed by atoms with van der Waals surface area (Å²) in [6, 6.07) is 15.2. The zero-order valence-electron chi connectivity index (χ0n) is 18.2. The van der Waals surface area contributed by atoms with Crippen molar-refractivity contribution < 1.29 is 14.3 Å². The van der Waals surface area contributed by atoms with Crippen molar-refractivity contribution in [2.45, 2.75) is 32.7 Å². The molecule has 1 amide bonds. The molecule has 0 spiro atoms. The third-order valence-electron chi connectivity index (χ3n) is 6.16. The van der Waals surface area contributed by atoms with E-state index in [0.29, 0.717) is 12.5 Å². The number of esters is 1. The number of aromatic nitrogens is 3. The first kappa shape index (κ1) is 20.3. The topological polar surface area (TPSA) is 80.2 Å². The molecule has 5 rings (SSSR count). The minimum atomic E-state index is -0.990. The number of hydrogen-bond acceptors (Lipinski definition) is 4. The number of para-hydroxylation sites is 3. The molecule has 7 heteroatoms. The number of ether oxygens (including phenoxy) is 1. The summed E-state index contributed by atoms with van der Waals surface area (Å²) in [5, 5.41) is 0.977. The van der Waals surface area contributed by atoms with Crippen LogP contribution >= 0.6 is 0 Å². The van der Waals surface area contributed by atoms with Crippen LogP contribution in [0.2, 0.25) is 0 Å². The lowest BCUT2D eigenvalue weighted by atomic mass is 9.89. The van der Waals surface area contributed by atoms with E-state index >= 15 is 0 Å². The first-order valence-corrected chi connectivity index (χ1v) is 11.2. The van der Waals surface area contributed by atoms with Gasteiger partial charge in [-0.15, -0.1) is 0 Å². The van der Waals surface area contributed by atoms with Gasteiger partial charge in [-0.05, 0) is 31.5 Å². The van der Waals surface area contributed by atoms with Crippen molar-refractivity contribution in [1.29, 1.82) is 0 Å². The number of amides is 1. The highest BCUT2D eigenvalue weighted by Crippen LogP contribution is 2.43. The summed E-state index contributed by atoms with van der Waals surface area (Å²) < 4.78 is 7.46. The number of rotatable bonds is 6. The minimum absolute atomic E-state index is 0.218. The number of fused-ring (bicyclic) bond motifs is 4. The molecule has 2 atom stereocenters. The fourth-order valence-electron chi connectivity index (χ4n) is 4.69. The fourth-order valence-corrected chi connectivity index (χ4v) is 4.69. The average molecular weight is 431 g/mol. The quantitative estimate of drug-likeness (QED) is 0.362. The molecule has 0 aliphatic carbocycles. The maximum atomic E-state index is 13.8. The van der Waals surface area contributed by atoms with Gasteiger partial charge in [0.05, 0.1) is 23.7 Å². The van der Waals surface area contributed by atoms with E-state index in [1.165, 1.54) is 0 Å². The van der Waals surface area contributed by atoms with Crippen molar-refractivity contribution in [3.63, 3.8) is 0 Å². The van der Waals surface area contributed by atoms with Gasteiger partial charge in [-0.1, -0.05) is 43.7 Å². The largest absolute Gasteiger partial charge is 0.465 e. The minimum Gasteiger partial charge on any atom is -0.465 e. The van der Waals surface area contributed by atoms with Crippen molar-refractivity contribution in [2.24, 2.45) is 5.92 Å². The van der Waals surface area contributed by atoms with Crippen molar-refractivity contribution in [1.82, 2.24) is 14.5 Å². The first-order valence-electron chi connectivity index (χ1n) is 11.2. The average Bonchev–Trinajstić information content (AvgIpc) is 3.40. The Morgan fingerprint density at radius 2 is 1.91 bits per heavy atom. The SMILES string of the molecule is CCCCN1C(=O)[C@H](C(=O)OCC)[C@H](c2c[nH]c3ccccc23)n2c1nc1ccccc12. The van der Waals surface area contributed by atoms with E-state index in [-0.39, 0.29) is 12.5 Å². The Morgan fingerprint density at radius 3 is 2.72 bits per heavy atom. The van der Waals surface area contributed by atoms with Gasteiger partial charge >= 0.3 is 5.97 Å². The number of nitrogens with one attached hydrogen (secondary N) is 1. The summed E-state index contributed by atoms with van der Waals surface area (Å²) in [6.45, 7) is 4.57. The molecule has 164 valence electrons. The van der Waals surface area contributed by atoms with Crippen LogP contribution in [-0.2, 0) is 14.3 Å². The van der Waals surface area contributed by atoms with E-state index in [4.69, 9.17) is 9.72 Å². The number of unbranched alkanes of at least 4 members (excludes halogenated alkanes) is 1. The van der Waals surface area contributed by atoms with Gasteiger partial charge in [0.2, 0.25) is 11.9 Å². The fraction of sp³-hybridized carbons (Fsp3) is 0.320. The maximum Gasteiger partial charge on any atom is 0.321 e. The van der Waals surface area contributed by atoms with Gasteiger partial charge in [0.15, 0.2) is 5.92 Å². The first-order chi connectivity index (χ1) is 15.7. The second-order valence-electron chi connectivity index (χ2n) is 8.08. The van der Waals surface area contributed by atoms with E-state index < -0.39 is 17.9 Å². The number of imidazole rings is 1. The molecule has 0 fully saturated rings. The van der Waals surface area contributed by atoms with Crippen LogP contribution in [0.4, 0.5) is 5.95 Å². The van der Waals surface area contributed by atoms with E-state index in [2.05, 4.69) is 11.9 Å². The number of benzene rings is 2. The summed E-state index contributed by atoms with van der Waals surface area (Å²) >= 11 is 0. The Bertz CT molecular complexity index is 1310. The van der Waals surface area contributed by atoms with Gasteiger partial charge in [-0.2, -0.15) is 0 Å². The van der Waals surface area contributed by atoms with E-state index in [9.17, 15) is 9.59 Å². The molecule has 1 aliphatic heterocycles. The van der Waals surface area contributed by atoms with Gasteiger partial charge < -0.3 is 14.3 Å². The highest BCUT2D eigenvalue weighted by Gasteiger charge is 2.48. The van der Waals surface area contributed by atoms with Gasteiger partial charge in [0.25, 0.3) is 0 Å². The van der Waals surface area contributed by atoms with E-state index in [1.54, 1.807) is 11.8 Å². The zero-order valence-corrected chi connectivity index (χ0v) is 18.2. The van der Waals surface area contributed by atoms with Crippen LogP contribution in [0.25, 0.3) is 21.9 Å². The molecule has 4 aromatic rings. The molecule has 2 aromatic carbocycles. The number of anilines is 1. The van der Waals surface area contributed by atoms with Crippen LogP contribution in [0.3, 0.4) is 0 Å². The zero-order chi connectivity index (χ0) is 22.2. The Hall–Kier alpha value is -3.61. The summed E-state index contributed by atoms with van der Waals surface area (Å²) in [5.41, 5.74) is 3.52. The Balaban J connectivity index is 1.80. The maximum absolute atomic E-state index is 13.8. The van der Waals surface area contributed by atoms with Crippen LogP contribution in [0.15, 0.2) is 54.7 Å². The van der Waals surface area contributed by atoms with Crippen molar-refractivity contribution >= 4 is 39.8 Å². The molecule has 1 aliphatic rings. The van der Waals surface area contributed by atoms with E-state index in [1.807, 2.05) is 59.3 Å². The molecule has 0 radical (unpaired) electrons. The molecule has 0 saturated heterocycles. The highest BCUT2D eigenvalue weighted by molar-refractivity contribution is 6.09. The number of nitrogens with zero attached hydrogens (tertiary/aromatic N) is 3. The number of aromatic amines is 1. The smallest absolute Gasteiger partial charge is 0.321 e. The Morgan fingerprint density at radius 1 is 1.12 bits per heavy atom. The predicted octanol–water partition coefficient (Wildman–Crippen LogP) is 4.43. The highest BCUT2D eigenvalue weighted by atomic mass is 16.5. The number of carbonyl (C=O) groups is 2. The molecule has 32 heavy (non-hydrogen) atoms. The summed E-state index contributed by atoms with van der Waals surface area (Å²) in [4.78, 5) is 36.8. The number of carbonyl (C=O) groups excluding carboxylic acids is 2. The lowest BCUT2D eigenvalue weighted by Crippen LogP contribution is -2.50. The second kappa shape index (κ2) is 8.15. The van der Waals surface area contributed by atoms with Crippen molar-refractivity contribution in [3.8, 4) is 0 Å².